The van der Waals surface area contributed by atoms with E-state index in [1.807, 2.05) is 6.92 Å². The minimum Gasteiger partial charge on any atom is -0.381 e. The Morgan fingerprint density at radius 2 is 2.19 bits per heavy atom. The van der Waals surface area contributed by atoms with Crippen LogP contribution in [0.5, 0.6) is 0 Å². The molecule has 0 radical (unpaired) electrons. The maximum absolute atomic E-state index is 12.1. The van der Waals surface area contributed by atoms with Gasteiger partial charge in [-0.1, -0.05) is 0 Å². The summed E-state index contributed by atoms with van der Waals surface area (Å²) in [6.07, 6.45) is 5.52. The highest BCUT2D eigenvalue weighted by atomic mass is 16.5. The van der Waals surface area contributed by atoms with Gasteiger partial charge in [0.1, 0.15) is 0 Å². The summed E-state index contributed by atoms with van der Waals surface area (Å²) in [5, 5.41) is 6.44. The van der Waals surface area contributed by atoms with E-state index in [4.69, 9.17) is 4.74 Å². The number of methoxy groups -OCH3 is 1. The van der Waals surface area contributed by atoms with Crippen molar-refractivity contribution in [2.45, 2.75) is 56.7 Å². The zero-order chi connectivity index (χ0) is 11.6. The Morgan fingerprint density at radius 1 is 1.44 bits per heavy atom. The van der Waals surface area contributed by atoms with Crippen LogP contribution >= 0.6 is 0 Å². The largest absolute Gasteiger partial charge is 0.381 e. The number of hydrogen-bond acceptors (Lipinski definition) is 3. The quantitative estimate of drug-likeness (QED) is 0.749. The number of nitrogens with one attached hydrogen (secondary N) is 2. The smallest absolute Gasteiger partial charge is 0.240 e. The van der Waals surface area contributed by atoms with E-state index in [9.17, 15) is 4.79 Å². The second-order valence-corrected chi connectivity index (χ2v) is 5.22. The van der Waals surface area contributed by atoms with Gasteiger partial charge >= 0.3 is 0 Å². The van der Waals surface area contributed by atoms with Crippen molar-refractivity contribution in [2.24, 2.45) is 0 Å². The lowest BCUT2D eigenvalue weighted by Gasteiger charge is -2.39. The SMILES string of the molecule is COC1CC(NC(=O)C2(C)CCCCN2)C1. The molecule has 2 rings (SSSR count). The molecule has 0 spiro atoms. The monoisotopic (exact) mass is 226 g/mol. The topological polar surface area (TPSA) is 50.4 Å². The summed E-state index contributed by atoms with van der Waals surface area (Å²) in [5.41, 5.74) is -0.351. The lowest BCUT2D eigenvalue weighted by Crippen LogP contribution is -2.60. The predicted molar refractivity (Wildman–Crippen MR) is 62.2 cm³/mol. The fraction of sp³-hybridized carbons (Fsp3) is 0.917. The highest BCUT2D eigenvalue weighted by Crippen LogP contribution is 2.25. The van der Waals surface area contributed by atoms with Gasteiger partial charge in [0.25, 0.3) is 0 Å². The Labute approximate surface area is 97.1 Å². The molecule has 0 aromatic carbocycles. The molecule has 1 amide bonds. The van der Waals surface area contributed by atoms with Crippen LogP contribution in [0, 0.1) is 0 Å². The highest BCUT2D eigenvalue weighted by Gasteiger charge is 2.38. The molecule has 92 valence electrons. The van der Waals surface area contributed by atoms with Gasteiger partial charge in [-0.3, -0.25) is 4.79 Å². The Kier molecular flexibility index (Phi) is 3.50. The van der Waals surface area contributed by atoms with Crippen LogP contribution in [0.25, 0.3) is 0 Å². The molecule has 4 nitrogen and oxygen atoms in total. The van der Waals surface area contributed by atoms with Crippen molar-refractivity contribution in [3.8, 4) is 0 Å². The molecule has 2 N–H and O–H groups in total. The van der Waals surface area contributed by atoms with E-state index < -0.39 is 0 Å². The van der Waals surface area contributed by atoms with E-state index in [0.29, 0.717) is 12.1 Å². The maximum atomic E-state index is 12.1. The van der Waals surface area contributed by atoms with E-state index in [-0.39, 0.29) is 11.4 Å². The molecule has 1 saturated heterocycles. The van der Waals surface area contributed by atoms with Crippen LogP contribution in [0.1, 0.15) is 39.0 Å². The van der Waals surface area contributed by atoms with E-state index in [1.54, 1.807) is 7.11 Å². The van der Waals surface area contributed by atoms with Crippen molar-refractivity contribution < 1.29 is 9.53 Å². The number of carbonyl (C=O) groups is 1. The standard InChI is InChI=1S/C12H22N2O2/c1-12(5-3-4-6-13-12)11(15)14-9-7-10(8-9)16-2/h9-10,13H,3-8H2,1-2H3,(H,14,15). The van der Waals surface area contributed by atoms with Crippen LogP contribution in [0.2, 0.25) is 0 Å². The molecule has 1 unspecified atom stereocenters. The third-order valence-electron chi connectivity index (χ3n) is 3.88. The fourth-order valence-electron chi connectivity index (χ4n) is 2.47. The van der Waals surface area contributed by atoms with Crippen molar-refractivity contribution in [3.63, 3.8) is 0 Å². The third kappa shape index (κ3) is 2.38. The summed E-state index contributed by atoms with van der Waals surface area (Å²) >= 11 is 0. The zero-order valence-electron chi connectivity index (χ0n) is 10.2. The first-order chi connectivity index (χ1) is 7.64. The summed E-state index contributed by atoms with van der Waals surface area (Å²) in [5.74, 6) is 0.159. The minimum absolute atomic E-state index is 0.159. The van der Waals surface area contributed by atoms with E-state index in [1.165, 1.54) is 6.42 Å². The van der Waals surface area contributed by atoms with Gasteiger partial charge in [-0.25, -0.2) is 0 Å². The predicted octanol–water partition coefficient (Wildman–Crippen LogP) is 0.812. The van der Waals surface area contributed by atoms with Crippen LogP contribution in [0.4, 0.5) is 0 Å². The van der Waals surface area contributed by atoms with Crippen LogP contribution < -0.4 is 10.6 Å². The molecule has 1 heterocycles. The lowest BCUT2D eigenvalue weighted by atomic mass is 9.86. The Hall–Kier alpha value is -0.610. The van der Waals surface area contributed by atoms with Gasteiger partial charge in [0, 0.05) is 13.2 Å². The molecular formula is C12H22N2O2. The average molecular weight is 226 g/mol. The van der Waals surface area contributed by atoms with Gasteiger partial charge in [0.15, 0.2) is 0 Å². The van der Waals surface area contributed by atoms with Gasteiger partial charge in [-0.15, -0.1) is 0 Å². The Morgan fingerprint density at radius 3 is 2.75 bits per heavy atom. The number of carbonyl (C=O) groups excluding carboxylic acids is 1. The van der Waals surface area contributed by atoms with Crippen molar-refractivity contribution >= 4 is 5.91 Å². The van der Waals surface area contributed by atoms with Gasteiger partial charge < -0.3 is 15.4 Å². The number of piperidine rings is 1. The van der Waals surface area contributed by atoms with Crippen molar-refractivity contribution in [2.75, 3.05) is 13.7 Å². The van der Waals surface area contributed by atoms with E-state index in [2.05, 4.69) is 10.6 Å². The lowest BCUT2D eigenvalue weighted by molar-refractivity contribution is -0.130. The molecule has 16 heavy (non-hydrogen) atoms. The normalized spacial score (nSPS) is 38.9. The van der Waals surface area contributed by atoms with Gasteiger partial charge in [-0.2, -0.15) is 0 Å². The molecule has 2 aliphatic rings. The van der Waals surface area contributed by atoms with Crippen molar-refractivity contribution in [3.05, 3.63) is 0 Å². The zero-order valence-corrected chi connectivity index (χ0v) is 10.2. The molecule has 1 aliphatic heterocycles. The first kappa shape index (κ1) is 11.9. The fourth-order valence-corrected chi connectivity index (χ4v) is 2.47. The molecular weight excluding hydrogens is 204 g/mol. The van der Waals surface area contributed by atoms with Crippen LogP contribution in [0.3, 0.4) is 0 Å². The molecule has 1 aliphatic carbocycles. The number of amides is 1. The molecule has 0 aromatic rings. The van der Waals surface area contributed by atoms with Gasteiger partial charge in [0.2, 0.25) is 5.91 Å². The van der Waals surface area contributed by atoms with Crippen LogP contribution in [-0.4, -0.2) is 37.2 Å². The third-order valence-corrected chi connectivity index (χ3v) is 3.88. The van der Waals surface area contributed by atoms with Crippen LogP contribution in [0.15, 0.2) is 0 Å². The van der Waals surface area contributed by atoms with Crippen molar-refractivity contribution in [1.29, 1.82) is 0 Å². The Balaban J connectivity index is 1.79. The number of ether oxygens (including phenoxy) is 1. The molecule has 4 heteroatoms. The number of rotatable bonds is 3. The first-order valence-electron chi connectivity index (χ1n) is 6.23. The summed E-state index contributed by atoms with van der Waals surface area (Å²) in [6, 6.07) is 0.318. The molecule has 0 aromatic heterocycles. The molecule has 2 fully saturated rings. The Bertz CT molecular complexity index is 256. The summed E-state index contributed by atoms with van der Waals surface area (Å²) in [7, 11) is 1.73. The second-order valence-electron chi connectivity index (χ2n) is 5.22. The average Bonchev–Trinajstić information content (AvgIpc) is 2.23. The van der Waals surface area contributed by atoms with Crippen LogP contribution in [-0.2, 0) is 9.53 Å². The summed E-state index contributed by atoms with van der Waals surface area (Å²) in [4.78, 5) is 12.1. The van der Waals surface area contributed by atoms with Gasteiger partial charge in [-0.05, 0) is 45.6 Å². The molecule has 1 saturated carbocycles. The first-order valence-corrected chi connectivity index (χ1v) is 6.23. The summed E-state index contributed by atoms with van der Waals surface area (Å²) in [6.45, 7) is 2.96. The molecule has 0 bridgehead atoms. The molecule has 1 atom stereocenters. The highest BCUT2D eigenvalue weighted by molar-refractivity contribution is 5.86. The van der Waals surface area contributed by atoms with E-state index in [0.717, 1.165) is 32.2 Å². The minimum atomic E-state index is -0.351. The summed E-state index contributed by atoms with van der Waals surface area (Å²) < 4.78 is 5.20. The maximum Gasteiger partial charge on any atom is 0.240 e. The number of hydrogen-bond donors (Lipinski definition) is 2. The second kappa shape index (κ2) is 4.72. The van der Waals surface area contributed by atoms with Crippen molar-refractivity contribution in [1.82, 2.24) is 10.6 Å². The van der Waals surface area contributed by atoms with E-state index >= 15 is 0 Å². The van der Waals surface area contributed by atoms with Gasteiger partial charge in [0.05, 0.1) is 11.6 Å².